The molecule has 0 aliphatic carbocycles. The molecule has 1 atom stereocenters. The lowest BCUT2D eigenvalue weighted by molar-refractivity contribution is -0.123. The predicted molar refractivity (Wildman–Crippen MR) is 107 cm³/mol. The van der Waals surface area contributed by atoms with Gasteiger partial charge in [0.15, 0.2) is 0 Å². The number of carbonyl (C=O) groups is 1. The Morgan fingerprint density at radius 2 is 1.73 bits per heavy atom. The first kappa shape index (κ1) is 22.1. The average molecular weight is 441 g/mol. The molecular weight excluding hydrogens is 419 g/mol. The lowest BCUT2D eigenvalue weighted by Gasteiger charge is -2.18. The smallest absolute Gasteiger partial charge is 0.371 e. The molecule has 2 aromatic rings. The molecule has 1 amide bonds. The zero-order valence-corrected chi connectivity index (χ0v) is 16.8. The van der Waals surface area contributed by atoms with E-state index in [0.717, 1.165) is 25.2 Å². The van der Waals surface area contributed by atoms with Gasteiger partial charge in [0.1, 0.15) is 6.54 Å². The predicted octanol–water partition coefficient (Wildman–Crippen LogP) is 2.78. The minimum Gasteiger partial charge on any atom is -0.371 e. The molecule has 0 spiro atoms. The monoisotopic (exact) mass is 441 g/mol. The SMILES string of the molecule is O=C(NCC(F)(F)F)c1ccc(S(=O)(=O)NCC2CCN(c3ccccc3)C2)cc1. The van der Waals surface area contributed by atoms with E-state index in [1.165, 1.54) is 24.3 Å². The summed E-state index contributed by atoms with van der Waals surface area (Å²) in [5.74, 6) is -0.761. The van der Waals surface area contributed by atoms with Crippen molar-refractivity contribution in [3.63, 3.8) is 0 Å². The summed E-state index contributed by atoms with van der Waals surface area (Å²) in [6.45, 7) is 0.414. The van der Waals surface area contributed by atoms with Gasteiger partial charge in [0.05, 0.1) is 4.90 Å². The van der Waals surface area contributed by atoms with E-state index in [1.807, 2.05) is 30.3 Å². The Morgan fingerprint density at radius 3 is 2.37 bits per heavy atom. The molecule has 0 radical (unpaired) electrons. The van der Waals surface area contributed by atoms with Gasteiger partial charge in [-0.2, -0.15) is 13.2 Å². The third-order valence-corrected chi connectivity index (χ3v) is 6.28. The molecule has 30 heavy (non-hydrogen) atoms. The maximum absolute atomic E-state index is 12.5. The first-order chi connectivity index (χ1) is 14.1. The van der Waals surface area contributed by atoms with Crippen LogP contribution in [-0.4, -0.2) is 46.7 Å². The highest BCUT2D eigenvalue weighted by Gasteiger charge is 2.28. The summed E-state index contributed by atoms with van der Waals surface area (Å²) in [7, 11) is -3.79. The molecule has 1 aliphatic heterocycles. The fourth-order valence-electron chi connectivity index (χ4n) is 3.25. The van der Waals surface area contributed by atoms with E-state index in [1.54, 1.807) is 5.32 Å². The Morgan fingerprint density at radius 1 is 1.07 bits per heavy atom. The third kappa shape index (κ3) is 5.96. The van der Waals surface area contributed by atoms with Crippen molar-refractivity contribution in [3.8, 4) is 0 Å². The Kier molecular flexibility index (Phi) is 6.67. The fourth-order valence-corrected chi connectivity index (χ4v) is 4.37. The van der Waals surface area contributed by atoms with Gasteiger partial charge in [-0.1, -0.05) is 18.2 Å². The van der Waals surface area contributed by atoms with Gasteiger partial charge in [0.2, 0.25) is 10.0 Å². The minimum atomic E-state index is -4.51. The molecular formula is C20H22F3N3O3S. The van der Waals surface area contributed by atoms with Crippen molar-refractivity contribution < 1.29 is 26.4 Å². The number of halogens is 3. The van der Waals surface area contributed by atoms with E-state index < -0.39 is 28.7 Å². The summed E-state index contributed by atoms with van der Waals surface area (Å²) in [4.78, 5) is 13.9. The van der Waals surface area contributed by atoms with Crippen LogP contribution in [0.2, 0.25) is 0 Å². The number of sulfonamides is 1. The van der Waals surface area contributed by atoms with Gasteiger partial charge in [0, 0.05) is 30.9 Å². The fraction of sp³-hybridized carbons (Fsp3) is 0.350. The number of rotatable bonds is 7. The quantitative estimate of drug-likeness (QED) is 0.693. The van der Waals surface area contributed by atoms with E-state index in [0.29, 0.717) is 0 Å². The van der Waals surface area contributed by atoms with E-state index >= 15 is 0 Å². The molecule has 10 heteroatoms. The molecule has 1 heterocycles. The number of alkyl halides is 3. The van der Waals surface area contributed by atoms with Crippen molar-refractivity contribution in [1.82, 2.24) is 10.0 Å². The average Bonchev–Trinajstić information content (AvgIpc) is 3.20. The van der Waals surface area contributed by atoms with Crippen LogP contribution in [0.5, 0.6) is 0 Å². The number of hydrogen-bond acceptors (Lipinski definition) is 4. The van der Waals surface area contributed by atoms with Gasteiger partial charge in [0.25, 0.3) is 5.91 Å². The van der Waals surface area contributed by atoms with Crippen LogP contribution in [0.4, 0.5) is 18.9 Å². The lowest BCUT2D eigenvalue weighted by atomic mass is 10.1. The zero-order valence-electron chi connectivity index (χ0n) is 16.0. The van der Waals surface area contributed by atoms with Gasteiger partial charge in [-0.15, -0.1) is 0 Å². The number of nitrogens with zero attached hydrogens (tertiary/aromatic N) is 1. The maximum atomic E-state index is 12.5. The van der Waals surface area contributed by atoms with Crippen LogP contribution in [-0.2, 0) is 10.0 Å². The molecule has 3 rings (SSSR count). The highest BCUT2D eigenvalue weighted by atomic mass is 32.2. The van der Waals surface area contributed by atoms with Crippen molar-refractivity contribution in [2.75, 3.05) is 31.1 Å². The number of anilines is 1. The normalized spacial score (nSPS) is 17.2. The largest absolute Gasteiger partial charge is 0.405 e. The summed E-state index contributed by atoms with van der Waals surface area (Å²) < 4.78 is 64.1. The second-order valence-corrected chi connectivity index (χ2v) is 8.88. The minimum absolute atomic E-state index is 0.0483. The number of nitrogens with one attached hydrogen (secondary N) is 2. The first-order valence-corrected chi connectivity index (χ1v) is 10.9. The summed E-state index contributed by atoms with van der Waals surface area (Å²) in [6.07, 6.45) is -3.66. The molecule has 2 aromatic carbocycles. The van der Waals surface area contributed by atoms with Gasteiger partial charge in [-0.25, -0.2) is 13.1 Å². The summed E-state index contributed by atoms with van der Waals surface area (Å²) in [6, 6.07) is 14.7. The number of amides is 1. The van der Waals surface area contributed by atoms with Crippen molar-refractivity contribution in [1.29, 1.82) is 0 Å². The number of carbonyl (C=O) groups excluding carboxylic acids is 1. The van der Waals surface area contributed by atoms with Gasteiger partial charge in [-0.3, -0.25) is 4.79 Å². The van der Waals surface area contributed by atoms with Gasteiger partial charge in [-0.05, 0) is 48.7 Å². The van der Waals surface area contributed by atoms with Crippen LogP contribution < -0.4 is 14.9 Å². The number of para-hydroxylation sites is 1. The third-order valence-electron chi connectivity index (χ3n) is 4.85. The van der Waals surface area contributed by atoms with E-state index in [2.05, 4.69) is 9.62 Å². The molecule has 1 aliphatic rings. The Hall–Kier alpha value is -2.59. The molecule has 0 aromatic heterocycles. The molecule has 0 bridgehead atoms. The highest BCUT2D eigenvalue weighted by molar-refractivity contribution is 7.89. The summed E-state index contributed by atoms with van der Waals surface area (Å²) in [5, 5.41) is 1.74. The topological polar surface area (TPSA) is 78.5 Å². The summed E-state index contributed by atoms with van der Waals surface area (Å²) >= 11 is 0. The molecule has 1 fully saturated rings. The van der Waals surface area contributed by atoms with Crippen molar-refractivity contribution >= 4 is 21.6 Å². The van der Waals surface area contributed by atoms with Crippen molar-refractivity contribution in [2.45, 2.75) is 17.5 Å². The summed E-state index contributed by atoms with van der Waals surface area (Å²) in [5.41, 5.74) is 1.05. The Balaban J connectivity index is 1.54. The van der Waals surface area contributed by atoms with Crippen LogP contribution in [0.3, 0.4) is 0 Å². The van der Waals surface area contributed by atoms with Crippen molar-refractivity contribution in [3.05, 3.63) is 60.2 Å². The zero-order chi connectivity index (χ0) is 21.8. The van der Waals surface area contributed by atoms with Gasteiger partial charge < -0.3 is 10.2 Å². The highest BCUT2D eigenvalue weighted by Crippen LogP contribution is 2.23. The van der Waals surface area contributed by atoms with Gasteiger partial charge >= 0.3 is 6.18 Å². The van der Waals surface area contributed by atoms with E-state index in [9.17, 15) is 26.4 Å². The van der Waals surface area contributed by atoms with Crippen LogP contribution >= 0.6 is 0 Å². The molecule has 1 saturated heterocycles. The molecule has 2 N–H and O–H groups in total. The number of benzene rings is 2. The Labute approximate surface area is 173 Å². The van der Waals surface area contributed by atoms with E-state index in [4.69, 9.17) is 0 Å². The Bertz CT molecular complexity index is 964. The first-order valence-electron chi connectivity index (χ1n) is 9.39. The molecule has 6 nitrogen and oxygen atoms in total. The number of hydrogen-bond donors (Lipinski definition) is 2. The second-order valence-electron chi connectivity index (χ2n) is 7.11. The maximum Gasteiger partial charge on any atom is 0.405 e. The van der Waals surface area contributed by atoms with E-state index in [-0.39, 0.29) is 22.9 Å². The molecule has 162 valence electrons. The molecule has 0 saturated carbocycles. The van der Waals surface area contributed by atoms with Crippen LogP contribution in [0.1, 0.15) is 16.8 Å². The van der Waals surface area contributed by atoms with Crippen LogP contribution in [0, 0.1) is 5.92 Å². The standard InChI is InChI=1S/C20H22F3N3O3S/c21-20(22,23)14-24-19(27)16-6-8-18(9-7-16)30(28,29)25-12-15-10-11-26(13-15)17-4-2-1-3-5-17/h1-9,15,25H,10-14H2,(H,24,27). The second kappa shape index (κ2) is 9.05. The van der Waals surface area contributed by atoms with Crippen LogP contribution in [0.25, 0.3) is 0 Å². The lowest BCUT2D eigenvalue weighted by Crippen LogP contribution is -2.33. The van der Waals surface area contributed by atoms with Crippen molar-refractivity contribution in [2.24, 2.45) is 5.92 Å². The molecule has 1 unspecified atom stereocenters. The van der Waals surface area contributed by atoms with Crippen LogP contribution in [0.15, 0.2) is 59.5 Å².